The van der Waals surface area contributed by atoms with E-state index in [2.05, 4.69) is 14.9 Å². The monoisotopic (exact) mass is 344 g/mol. The van der Waals surface area contributed by atoms with Gasteiger partial charge in [0, 0.05) is 33.7 Å². The smallest absolute Gasteiger partial charge is 0.259 e. The molecular formula is C15H28N4O3S. The Bertz CT molecular complexity index is 579. The zero-order valence-corrected chi connectivity index (χ0v) is 15.1. The van der Waals surface area contributed by atoms with Crippen LogP contribution < -0.4 is 0 Å². The maximum absolute atomic E-state index is 12.6. The Morgan fingerprint density at radius 1 is 1.43 bits per heavy atom. The number of hydrogen-bond donors (Lipinski definition) is 1. The summed E-state index contributed by atoms with van der Waals surface area (Å²) in [6, 6.07) is 0. The van der Waals surface area contributed by atoms with E-state index in [1.165, 1.54) is 10.5 Å². The molecule has 0 amide bonds. The molecule has 0 radical (unpaired) electrons. The fourth-order valence-corrected chi connectivity index (χ4v) is 4.07. The number of rotatable bonds is 8. The minimum absolute atomic E-state index is 0.189. The van der Waals surface area contributed by atoms with Gasteiger partial charge >= 0.3 is 0 Å². The van der Waals surface area contributed by atoms with Crippen LogP contribution in [0.25, 0.3) is 0 Å². The summed E-state index contributed by atoms with van der Waals surface area (Å²) in [6.07, 6.45) is 4.15. The number of likely N-dealkylation sites (tertiary alicyclic amines) is 1. The first-order valence-corrected chi connectivity index (χ1v) is 9.63. The van der Waals surface area contributed by atoms with Crippen molar-refractivity contribution in [2.45, 2.75) is 31.2 Å². The van der Waals surface area contributed by atoms with Crippen LogP contribution in [0.2, 0.25) is 0 Å². The Morgan fingerprint density at radius 3 is 2.70 bits per heavy atom. The van der Waals surface area contributed by atoms with E-state index in [1.807, 2.05) is 6.92 Å². The molecule has 2 heterocycles. The molecule has 0 aromatic carbocycles. The molecule has 0 saturated carbocycles. The van der Waals surface area contributed by atoms with E-state index in [0.717, 1.165) is 39.1 Å². The second-order valence-electron chi connectivity index (χ2n) is 6.11. The summed E-state index contributed by atoms with van der Waals surface area (Å²) < 4.78 is 31.7. The third-order valence-corrected chi connectivity index (χ3v) is 6.20. The molecule has 1 saturated heterocycles. The fraction of sp³-hybridized carbons (Fsp3) is 0.800. The molecule has 1 N–H and O–H groups in total. The number of H-pyrrole nitrogens is 1. The Morgan fingerprint density at radius 2 is 2.13 bits per heavy atom. The van der Waals surface area contributed by atoms with Crippen LogP contribution in [0.3, 0.4) is 0 Å². The van der Waals surface area contributed by atoms with E-state index in [4.69, 9.17) is 4.74 Å². The first kappa shape index (κ1) is 18.4. The summed E-state index contributed by atoms with van der Waals surface area (Å²) in [5.41, 5.74) is 0. The normalized spacial score (nSPS) is 17.9. The molecule has 1 aliphatic heterocycles. The van der Waals surface area contributed by atoms with Crippen LogP contribution in [0.15, 0.2) is 11.2 Å². The van der Waals surface area contributed by atoms with E-state index in [0.29, 0.717) is 24.7 Å². The van der Waals surface area contributed by atoms with Crippen molar-refractivity contribution in [3.05, 3.63) is 12.0 Å². The SMILES string of the molecule is CCc1ncc(S(=O)(=O)N(C)CC2CCN(CCOC)CC2)[nH]1. The average molecular weight is 344 g/mol. The highest BCUT2D eigenvalue weighted by Gasteiger charge is 2.27. The van der Waals surface area contributed by atoms with Crippen molar-refractivity contribution in [1.82, 2.24) is 19.2 Å². The van der Waals surface area contributed by atoms with Gasteiger partial charge in [-0.15, -0.1) is 0 Å². The number of aromatic amines is 1. The minimum Gasteiger partial charge on any atom is -0.383 e. The second-order valence-corrected chi connectivity index (χ2v) is 8.12. The van der Waals surface area contributed by atoms with Crippen molar-refractivity contribution in [1.29, 1.82) is 0 Å². The van der Waals surface area contributed by atoms with E-state index < -0.39 is 10.0 Å². The summed E-state index contributed by atoms with van der Waals surface area (Å²) in [5.74, 6) is 1.10. The number of nitrogens with one attached hydrogen (secondary N) is 1. The summed E-state index contributed by atoms with van der Waals surface area (Å²) in [5, 5.41) is 0.189. The lowest BCUT2D eigenvalue weighted by molar-refractivity contribution is 0.116. The van der Waals surface area contributed by atoms with Gasteiger partial charge in [0.25, 0.3) is 10.0 Å². The van der Waals surface area contributed by atoms with Gasteiger partial charge in [-0.1, -0.05) is 6.92 Å². The Balaban J connectivity index is 1.88. The average Bonchev–Trinajstić information content (AvgIpc) is 3.04. The molecular weight excluding hydrogens is 316 g/mol. The number of imidazole rings is 1. The van der Waals surface area contributed by atoms with Crippen molar-refractivity contribution in [2.75, 3.05) is 46.9 Å². The second kappa shape index (κ2) is 8.23. The van der Waals surface area contributed by atoms with Gasteiger partial charge in [-0.05, 0) is 31.8 Å². The van der Waals surface area contributed by atoms with E-state index in [-0.39, 0.29) is 5.03 Å². The van der Waals surface area contributed by atoms with Crippen LogP contribution in [-0.4, -0.2) is 74.5 Å². The molecule has 1 fully saturated rings. The van der Waals surface area contributed by atoms with Crippen LogP contribution in [0.1, 0.15) is 25.6 Å². The maximum atomic E-state index is 12.6. The number of methoxy groups -OCH3 is 1. The number of aryl methyl sites for hydroxylation is 1. The van der Waals surface area contributed by atoms with Crippen molar-refractivity contribution >= 4 is 10.0 Å². The molecule has 0 aliphatic carbocycles. The fourth-order valence-electron chi connectivity index (χ4n) is 2.90. The van der Waals surface area contributed by atoms with Gasteiger partial charge in [0.1, 0.15) is 5.82 Å². The Labute approximate surface area is 139 Å². The van der Waals surface area contributed by atoms with E-state index >= 15 is 0 Å². The molecule has 8 heteroatoms. The lowest BCUT2D eigenvalue weighted by Crippen LogP contribution is -2.40. The van der Waals surface area contributed by atoms with Crippen molar-refractivity contribution < 1.29 is 13.2 Å². The molecule has 0 spiro atoms. The third kappa shape index (κ3) is 4.76. The Hall–Kier alpha value is -0.960. The quantitative estimate of drug-likeness (QED) is 0.760. The van der Waals surface area contributed by atoms with Gasteiger partial charge in [0.15, 0.2) is 5.03 Å². The van der Waals surface area contributed by atoms with Crippen LogP contribution >= 0.6 is 0 Å². The van der Waals surface area contributed by atoms with Crippen LogP contribution in [-0.2, 0) is 21.2 Å². The third-order valence-electron chi connectivity index (χ3n) is 4.46. The summed E-state index contributed by atoms with van der Waals surface area (Å²) in [7, 11) is -0.108. The van der Waals surface area contributed by atoms with Crippen LogP contribution in [0.5, 0.6) is 0 Å². The first-order chi connectivity index (χ1) is 11.0. The number of hydrogen-bond acceptors (Lipinski definition) is 5. The number of aromatic nitrogens is 2. The van der Waals surface area contributed by atoms with Crippen molar-refractivity contribution in [3.63, 3.8) is 0 Å². The van der Waals surface area contributed by atoms with Crippen LogP contribution in [0, 0.1) is 5.92 Å². The van der Waals surface area contributed by atoms with Gasteiger partial charge in [-0.3, -0.25) is 0 Å². The number of ether oxygens (including phenoxy) is 1. The summed E-state index contributed by atoms with van der Waals surface area (Å²) >= 11 is 0. The van der Waals surface area contributed by atoms with Crippen LogP contribution in [0.4, 0.5) is 0 Å². The molecule has 1 aromatic heterocycles. The molecule has 132 valence electrons. The predicted octanol–water partition coefficient (Wildman–Crippen LogP) is 0.951. The lowest BCUT2D eigenvalue weighted by atomic mass is 9.97. The molecule has 23 heavy (non-hydrogen) atoms. The lowest BCUT2D eigenvalue weighted by Gasteiger charge is -2.33. The number of sulfonamides is 1. The number of nitrogens with zero attached hydrogens (tertiary/aromatic N) is 3. The summed E-state index contributed by atoms with van der Waals surface area (Å²) in [6.45, 7) is 6.21. The zero-order chi connectivity index (χ0) is 16.9. The molecule has 1 aromatic rings. The zero-order valence-electron chi connectivity index (χ0n) is 14.3. The molecule has 0 bridgehead atoms. The first-order valence-electron chi connectivity index (χ1n) is 8.18. The standard InChI is InChI=1S/C15H28N4O3S/c1-4-14-16-11-15(17-14)23(20,21)18(2)12-13-5-7-19(8-6-13)9-10-22-3/h11,13H,4-10,12H2,1-3H3,(H,16,17). The minimum atomic E-state index is -3.47. The predicted molar refractivity (Wildman–Crippen MR) is 88.8 cm³/mol. The van der Waals surface area contributed by atoms with Crippen molar-refractivity contribution in [2.24, 2.45) is 5.92 Å². The van der Waals surface area contributed by atoms with E-state index in [9.17, 15) is 8.42 Å². The molecule has 2 rings (SSSR count). The van der Waals surface area contributed by atoms with E-state index in [1.54, 1.807) is 14.2 Å². The number of piperidine rings is 1. The highest BCUT2D eigenvalue weighted by Crippen LogP contribution is 2.21. The molecule has 1 aliphatic rings. The van der Waals surface area contributed by atoms with Gasteiger partial charge < -0.3 is 14.6 Å². The molecule has 0 unspecified atom stereocenters. The maximum Gasteiger partial charge on any atom is 0.259 e. The highest BCUT2D eigenvalue weighted by atomic mass is 32.2. The van der Waals surface area contributed by atoms with Gasteiger partial charge in [-0.2, -0.15) is 4.31 Å². The Kier molecular flexibility index (Phi) is 6.58. The molecule has 7 nitrogen and oxygen atoms in total. The topological polar surface area (TPSA) is 78.5 Å². The summed E-state index contributed by atoms with van der Waals surface area (Å²) in [4.78, 5) is 9.35. The van der Waals surface area contributed by atoms with Crippen molar-refractivity contribution in [3.8, 4) is 0 Å². The van der Waals surface area contributed by atoms with Gasteiger partial charge in [0.05, 0.1) is 12.8 Å². The highest BCUT2D eigenvalue weighted by molar-refractivity contribution is 7.89. The van der Waals surface area contributed by atoms with Gasteiger partial charge in [0.2, 0.25) is 0 Å². The largest absolute Gasteiger partial charge is 0.383 e. The van der Waals surface area contributed by atoms with Gasteiger partial charge in [-0.25, -0.2) is 13.4 Å². The molecule has 0 atom stereocenters.